The average Bonchev–Trinajstić information content (AvgIpc) is 2.38. The zero-order valence-electron chi connectivity index (χ0n) is 5.55. The first-order chi connectivity index (χ1) is 4.84. The molecule has 0 fully saturated rings. The monoisotopic (exact) mass is 143 g/mol. The predicted octanol–water partition coefficient (Wildman–Crippen LogP) is 0.769. The fraction of sp³-hybridized carbons (Fsp3) is 0.500. The number of rotatable bonds is 3. The summed E-state index contributed by atoms with van der Waals surface area (Å²) < 4.78 is 12.8. The standard InChI is InChI=1S/C6H10FN3/c7-6(1-2-8)5-3-9-10-4-5/h3-4,6H,1-2,8H2,(H,9,10). The van der Waals surface area contributed by atoms with Crippen LogP contribution in [0.5, 0.6) is 0 Å². The molecule has 0 saturated carbocycles. The fourth-order valence-corrected chi connectivity index (χ4v) is 0.745. The van der Waals surface area contributed by atoms with Gasteiger partial charge in [-0.3, -0.25) is 5.10 Å². The van der Waals surface area contributed by atoms with E-state index in [1.54, 1.807) is 6.20 Å². The summed E-state index contributed by atoms with van der Waals surface area (Å²) in [6, 6.07) is 0. The molecule has 1 aromatic rings. The molecule has 0 aliphatic rings. The predicted molar refractivity (Wildman–Crippen MR) is 36.1 cm³/mol. The van der Waals surface area contributed by atoms with Crippen LogP contribution in [0.3, 0.4) is 0 Å². The molecule has 3 N–H and O–H groups in total. The average molecular weight is 143 g/mol. The number of aromatic nitrogens is 2. The second-order valence-electron chi connectivity index (χ2n) is 2.08. The van der Waals surface area contributed by atoms with Crippen LogP contribution < -0.4 is 5.73 Å². The van der Waals surface area contributed by atoms with Crippen LogP contribution in [0.4, 0.5) is 4.39 Å². The molecule has 4 heteroatoms. The van der Waals surface area contributed by atoms with E-state index in [1.165, 1.54) is 6.20 Å². The van der Waals surface area contributed by atoms with Gasteiger partial charge in [0.1, 0.15) is 6.17 Å². The largest absolute Gasteiger partial charge is 0.330 e. The summed E-state index contributed by atoms with van der Waals surface area (Å²) in [5.41, 5.74) is 5.74. The van der Waals surface area contributed by atoms with Crippen molar-refractivity contribution >= 4 is 0 Å². The van der Waals surface area contributed by atoms with E-state index in [-0.39, 0.29) is 0 Å². The first-order valence-corrected chi connectivity index (χ1v) is 3.17. The number of hydrogen-bond donors (Lipinski definition) is 2. The number of nitrogens with zero attached hydrogens (tertiary/aromatic N) is 1. The minimum atomic E-state index is -0.969. The third-order valence-corrected chi connectivity index (χ3v) is 1.30. The van der Waals surface area contributed by atoms with Gasteiger partial charge >= 0.3 is 0 Å². The maximum atomic E-state index is 12.8. The SMILES string of the molecule is NCCC(F)c1cn[nH]c1. The van der Waals surface area contributed by atoms with Crippen LogP contribution in [0.25, 0.3) is 0 Å². The molecule has 0 aliphatic carbocycles. The Balaban J connectivity index is 2.50. The Morgan fingerprint density at radius 1 is 1.80 bits per heavy atom. The summed E-state index contributed by atoms with van der Waals surface area (Å²) in [6.07, 6.45) is 2.41. The van der Waals surface area contributed by atoms with Gasteiger partial charge in [-0.2, -0.15) is 5.10 Å². The lowest BCUT2D eigenvalue weighted by atomic mass is 10.2. The molecule has 10 heavy (non-hydrogen) atoms. The molecule has 3 nitrogen and oxygen atoms in total. The van der Waals surface area contributed by atoms with Gasteiger partial charge in [0.05, 0.1) is 6.20 Å². The van der Waals surface area contributed by atoms with Gasteiger partial charge in [0, 0.05) is 11.8 Å². The molecule has 0 aromatic carbocycles. The molecule has 1 heterocycles. The summed E-state index contributed by atoms with van der Waals surface area (Å²) in [5.74, 6) is 0. The Hall–Kier alpha value is -0.900. The summed E-state index contributed by atoms with van der Waals surface area (Å²) in [5, 5.41) is 6.16. The van der Waals surface area contributed by atoms with Gasteiger partial charge in [-0.1, -0.05) is 0 Å². The van der Waals surface area contributed by atoms with Crippen molar-refractivity contribution in [1.82, 2.24) is 10.2 Å². The van der Waals surface area contributed by atoms with Gasteiger partial charge in [0.2, 0.25) is 0 Å². The molecular weight excluding hydrogens is 133 g/mol. The molecule has 1 unspecified atom stereocenters. The molecule has 1 aromatic heterocycles. The summed E-state index contributed by atoms with van der Waals surface area (Å²) >= 11 is 0. The van der Waals surface area contributed by atoms with Gasteiger partial charge in [0.25, 0.3) is 0 Å². The summed E-state index contributed by atoms with van der Waals surface area (Å²) in [6.45, 7) is 0.367. The summed E-state index contributed by atoms with van der Waals surface area (Å²) in [7, 11) is 0. The van der Waals surface area contributed by atoms with E-state index in [0.29, 0.717) is 18.5 Å². The van der Waals surface area contributed by atoms with Crippen LogP contribution in [-0.4, -0.2) is 16.7 Å². The van der Waals surface area contributed by atoms with Crippen molar-refractivity contribution < 1.29 is 4.39 Å². The van der Waals surface area contributed by atoms with Crippen LogP contribution in [0, 0.1) is 0 Å². The van der Waals surface area contributed by atoms with E-state index in [0.717, 1.165) is 0 Å². The van der Waals surface area contributed by atoms with Gasteiger partial charge in [0.15, 0.2) is 0 Å². The topological polar surface area (TPSA) is 54.7 Å². The molecule has 0 aliphatic heterocycles. The van der Waals surface area contributed by atoms with Gasteiger partial charge in [-0.25, -0.2) is 4.39 Å². The van der Waals surface area contributed by atoms with Crippen molar-refractivity contribution in [2.45, 2.75) is 12.6 Å². The number of aromatic amines is 1. The maximum absolute atomic E-state index is 12.8. The molecule has 56 valence electrons. The number of nitrogens with two attached hydrogens (primary N) is 1. The van der Waals surface area contributed by atoms with Crippen LogP contribution in [0.2, 0.25) is 0 Å². The minimum Gasteiger partial charge on any atom is -0.330 e. The molecule has 1 rings (SSSR count). The zero-order chi connectivity index (χ0) is 7.40. The van der Waals surface area contributed by atoms with Crippen molar-refractivity contribution in [2.24, 2.45) is 5.73 Å². The van der Waals surface area contributed by atoms with Crippen LogP contribution in [-0.2, 0) is 0 Å². The number of halogens is 1. The number of hydrogen-bond acceptors (Lipinski definition) is 2. The van der Waals surface area contributed by atoms with Gasteiger partial charge < -0.3 is 5.73 Å². The van der Waals surface area contributed by atoms with Crippen molar-refractivity contribution in [2.75, 3.05) is 6.54 Å². The Bertz CT molecular complexity index is 173. The smallest absolute Gasteiger partial charge is 0.129 e. The Morgan fingerprint density at radius 2 is 2.60 bits per heavy atom. The van der Waals surface area contributed by atoms with Gasteiger partial charge in [-0.05, 0) is 13.0 Å². The van der Waals surface area contributed by atoms with E-state index in [9.17, 15) is 4.39 Å². The lowest BCUT2D eigenvalue weighted by Gasteiger charge is -2.00. The minimum absolute atomic E-state index is 0.361. The van der Waals surface area contributed by atoms with Crippen molar-refractivity contribution in [3.63, 3.8) is 0 Å². The summed E-state index contributed by atoms with van der Waals surface area (Å²) in [4.78, 5) is 0. The second-order valence-corrected chi connectivity index (χ2v) is 2.08. The molecular formula is C6H10FN3. The van der Waals surface area contributed by atoms with E-state index < -0.39 is 6.17 Å². The third kappa shape index (κ3) is 1.54. The van der Waals surface area contributed by atoms with Crippen LogP contribution in [0.15, 0.2) is 12.4 Å². The second kappa shape index (κ2) is 3.31. The van der Waals surface area contributed by atoms with E-state index >= 15 is 0 Å². The maximum Gasteiger partial charge on any atom is 0.129 e. The fourth-order valence-electron chi connectivity index (χ4n) is 0.745. The number of alkyl halides is 1. The Labute approximate surface area is 58.4 Å². The lowest BCUT2D eigenvalue weighted by molar-refractivity contribution is 0.328. The molecule has 0 amide bonds. The quantitative estimate of drug-likeness (QED) is 0.656. The van der Waals surface area contributed by atoms with Crippen LogP contribution in [0.1, 0.15) is 18.2 Å². The highest BCUT2D eigenvalue weighted by Gasteiger charge is 2.08. The third-order valence-electron chi connectivity index (χ3n) is 1.30. The van der Waals surface area contributed by atoms with E-state index in [2.05, 4.69) is 10.2 Å². The molecule has 0 spiro atoms. The molecule has 1 atom stereocenters. The van der Waals surface area contributed by atoms with Crippen LogP contribution >= 0.6 is 0 Å². The zero-order valence-corrected chi connectivity index (χ0v) is 5.55. The van der Waals surface area contributed by atoms with Crippen molar-refractivity contribution in [3.8, 4) is 0 Å². The number of nitrogens with one attached hydrogen (secondary N) is 1. The Kier molecular flexibility index (Phi) is 2.39. The normalized spacial score (nSPS) is 13.4. The number of H-pyrrole nitrogens is 1. The van der Waals surface area contributed by atoms with E-state index in [1.807, 2.05) is 0 Å². The molecule has 0 radical (unpaired) electrons. The Morgan fingerprint density at radius 3 is 3.10 bits per heavy atom. The first-order valence-electron chi connectivity index (χ1n) is 3.17. The molecule has 0 bridgehead atoms. The molecule has 0 saturated heterocycles. The van der Waals surface area contributed by atoms with Crippen molar-refractivity contribution in [3.05, 3.63) is 18.0 Å². The van der Waals surface area contributed by atoms with E-state index in [4.69, 9.17) is 5.73 Å². The lowest BCUT2D eigenvalue weighted by Crippen LogP contribution is -2.02. The highest BCUT2D eigenvalue weighted by Crippen LogP contribution is 2.17. The first kappa shape index (κ1) is 7.21. The van der Waals surface area contributed by atoms with Crippen molar-refractivity contribution in [1.29, 1.82) is 0 Å². The van der Waals surface area contributed by atoms with Gasteiger partial charge in [-0.15, -0.1) is 0 Å². The highest BCUT2D eigenvalue weighted by atomic mass is 19.1. The highest BCUT2D eigenvalue weighted by molar-refractivity contribution is 5.06.